The van der Waals surface area contributed by atoms with Gasteiger partial charge in [0.25, 0.3) is 5.91 Å². The van der Waals surface area contributed by atoms with Crippen molar-refractivity contribution < 1.29 is 9.53 Å². The second-order valence-corrected chi connectivity index (χ2v) is 8.48. The van der Waals surface area contributed by atoms with Gasteiger partial charge in [0.1, 0.15) is 17.2 Å². The summed E-state index contributed by atoms with van der Waals surface area (Å²) >= 11 is 3.42. The van der Waals surface area contributed by atoms with Crippen LogP contribution in [0.25, 0.3) is 0 Å². The number of hydrogen-bond acceptors (Lipinski definition) is 7. The summed E-state index contributed by atoms with van der Waals surface area (Å²) in [5, 5.41) is 6.53. The van der Waals surface area contributed by atoms with Crippen molar-refractivity contribution >= 4 is 38.9 Å². The smallest absolute Gasteiger partial charge is 0.272 e. The number of rotatable bonds is 7. The normalized spacial score (nSPS) is 14.7. The average molecular weight is 527 g/mol. The summed E-state index contributed by atoms with van der Waals surface area (Å²) in [6.07, 6.45) is 2.37. The first-order valence-electron chi connectivity index (χ1n) is 11.3. The quantitative estimate of drug-likeness (QED) is 0.255. The van der Waals surface area contributed by atoms with Gasteiger partial charge < -0.3 is 31.7 Å². The number of carbonyl (C=O) groups excluding carboxylic acids is 1. The fourth-order valence-corrected chi connectivity index (χ4v) is 3.70. The van der Waals surface area contributed by atoms with E-state index in [4.69, 9.17) is 16.2 Å². The first kappa shape index (κ1) is 25.3. The number of nitrogen functional groups attached to an aromatic ring is 1. The van der Waals surface area contributed by atoms with Crippen molar-refractivity contribution in [1.82, 2.24) is 9.88 Å². The second kappa shape index (κ2) is 12.2. The van der Waals surface area contributed by atoms with Crippen LogP contribution in [0.1, 0.15) is 30.8 Å². The highest BCUT2D eigenvalue weighted by atomic mass is 79.9. The molecule has 9 heteroatoms. The number of nitrogens with zero attached hydrogens (tertiary/aromatic N) is 2. The Morgan fingerprint density at radius 3 is 2.53 bits per heavy atom. The molecule has 0 spiro atoms. The standard InChI is InChI=1S/C23H25BrN6O2.C2H6/c24-15-1-3-17(4-2-15)28-14-29-21-6-5-18(11-20(21)26)32-19-7-9-27-22(12-19)23(31)30-10-8-16(25)13-30;1-2/h1-7,9,11-12,16,28-29H,8,10,13-14,25-26H2;1-2H3. The van der Waals surface area contributed by atoms with Gasteiger partial charge in [-0.25, -0.2) is 0 Å². The van der Waals surface area contributed by atoms with Crippen LogP contribution in [-0.2, 0) is 0 Å². The minimum atomic E-state index is -0.138. The van der Waals surface area contributed by atoms with E-state index in [9.17, 15) is 4.79 Å². The summed E-state index contributed by atoms with van der Waals surface area (Å²) in [7, 11) is 0. The molecule has 34 heavy (non-hydrogen) atoms. The summed E-state index contributed by atoms with van der Waals surface area (Å²) in [6, 6.07) is 16.7. The molecule has 0 bridgehead atoms. The number of halogens is 1. The largest absolute Gasteiger partial charge is 0.457 e. The number of anilines is 3. The zero-order valence-electron chi connectivity index (χ0n) is 19.4. The lowest BCUT2D eigenvalue weighted by Gasteiger charge is -2.16. The van der Waals surface area contributed by atoms with Crippen molar-refractivity contribution in [2.45, 2.75) is 26.3 Å². The van der Waals surface area contributed by atoms with Crippen molar-refractivity contribution in [3.05, 3.63) is 71.0 Å². The molecule has 1 saturated heterocycles. The molecule has 1 atom stereocenters. The molecule has 1 aliphatic heterocycles. The van der Waals surface area contributed by atoms with E-state index in [1.165, 1.54) is 0 Å². The number of nitrogens with two attached hydrogens (primary N) is 2. The Hall–Kier alpha value is -3.30. The van der Waals surface area contributed by atoms with Gasteiger partial charge in [-0.3, -0.25) is 9.78 Å². The van der Waals surface area contributed by atoms with Gasteiger partial charge in [0, 0.05) is 47.6 Å². The predicted octanol–water partition coefficient (Wildman–Crippen LogP) is 4.90. The molecule has 3 aromatic rings. The van der Waals surface area contributed by atoms with Gasteiger partial charge in [0.15, 0.2) is 0 Å². The number of ether oxygens (including phenoxy) is 1. The van der Waals surface area contributed by atoms with Crippen molar-refractivity contribution in [3.63, 3.8) is 0 Å². The molecule has 1 unspecified atom stereocenters. The highest BCUT2D eigenvalue weighted by Gasteiger charge is 2.25. The number of nitrogens with one attached hydrogen (secondary N) is 2. The van der Waals surface area contributed by atoms with Crippen LogP contribution >= 0.6 is 15.9 Å². The van der Waals surface area contributed by atoms with Gasteiger partial charge in [-0.15, -0.1) is 0 Å². The Labute approximate surface area is 208 Å². The maximum atomic E-state index is 12.6. The summed E-state index contributed by atoms with van der Waals surface area (Å²) < 4.78 is 6.94. The topological polar surface area (TPSA) is 119 Å². The lowest BCUT2D eigenvalue weighted by molar-refractivity contribution is 0.0784. The number of amides is 1. The van der Waals surface area contributed by atoms with Crippen LogP contribution in [0.5, 0.6) is 11.5 Å². The predicted molar refractivity (Wildman–Crippen MR) is 141 cm³/mol. The zero-order chi connectivity index (χ0) is 24.5. The fraction of sp³-hybridized carbons (Fsp3) is 0.280. The molecule has 180 valence electrons. The van der Waals surface area contributed by atoms with Gasteiger partial charge in [0.2, 0.25) is 0 Å². The fourth-order valence-electron chi connectivity index (χ4n) is 3.44. The molecule has 8 nitrogen and oxygen atoms in total. The van der Waals surface area contributed by atoms with Crippen LogP contribution in [0.15, 0.2) is 65.3 Å². The van der Waals surface area contributed by atoms with E-state index in [1.807, 2.05) is 50.2 Å². The molecule has 0 saturated carbocycles. The van der Waals surface area contributed by atoms with Crippen LogP contribution in [0.2, 0.25) is 0 Å². The summed E-state index contributed by atoms with van der Waals surface area (Å²) in [5.74, 6) is 0.950. The Kier molecular flexibility index (Phi) is 9.12. The molecule has 1 fully saturated rings. The number of hydrogen-bond donors (Lipinski definition) is 4. The Morgan fingerprint density at radius 1 is 1.12 bits per heavy atom. The van der Waals surface area contributed by atoms with Gasteiger partial charge in [-0.05, 0) is 48.9 Å². The van der Waals surface area contributed by atoms with Gasteiger partial charge in [-0.1, -0.05) is 29.8 Å². The van der Waals surface area contributed by atoms with Crippen molar-refractivity contribution in [1.29, 1.82) is 0 Å². The minimum Gasteiger partial charge on any atom is -0.457 e. The molecule has 4 rings (SSSR count). The van der Waals surface area contributed by atoms with E-state index in [-0.39, 0.29) is 11.9 Å². The van der Waals surface area contributed by atoms with Crippen molar-refractivity contribution in [2.75, 3.05) is 36.1 Å². The monoisotopic (exact) mass is 526 g/mol. The summed E-state index contributed by atoms with van der Waals surface area (Å²) in [5.41, 5.74) is 14.8. The van der Waals surface area contributed by atoms with E-state index < -0.39 is 0 Å². The SMILES string of the molecule is CC.Nc1cc(Oc2ccnc(C(=O)N3CCC(N)C3)c2)ccc1NCNc1ccc(Br)cc1. The van der Waals surface area contributed by atoms with Crippen LogP contribution in [-0.4, -0.2) is 41.6 Å². The number of likely N-dealkylation sites (tertiary alicyclic amines) is 1. The first-order chi connectivity index (χ1) is 16.5. The highest BCUT2D eigenvalue weighted by molar-refractivity contribution is 9.10. The van der Waals surface area contributed by atoms with E-state index in [0.717, 1.165) is 22.3 Å². The lowest BCUT2D eigenvalue weighted by atomic mass is 10.2. The summed E-state index contributed by atoms with van der Waals surface area (Å²) in [4.78, 5) is 18.5. The molecule has 1 aromatic heterocycles. The Balaban J connectivity index is 0.00000158. The van der Waals surface area contributed by atoms with Crippen LogP contribution in [0.3, 0.4) is 0 Å². The Morgan fingerprint density at radius 2 is 1.85 bits per heavy atom. The highest BCUT2D eigenvalue weighted by Crippen LogP contribution is 2.28. The lowest BCUT2D eigenvalue weighted by Crippen LogP contribution is -2.32. The van der Waals surface area contributed by atoms with E-state index in [1.54, 1.807) is 29.3 Å². The molecular formula is C25H31BrN6O2. The maximum absolute atomic E-state index is 12.6. The van der Waals surface area contributed by atoms with Crippen LogP contribution in [0.4, 0.5) is 17.1 Å². The molecule has 1 amide bonds. The molecular weight excluding hydrogens is 496 g/mol. The Bertz CT molecular complexity index is 1090. The van der Waals surface area contributed by atoms with Crippen LogP contribution in [0, 0.1) is 0 Å². The number of carbonyl (C=O) groups is 1. The van der Waals surface area contributed by atoms with Gasteiger partial charge >= 0.3 is 0 Å². The first-order valence-corrected chi connectivity index (χ1v) is 12.1. The van der Waals surface area contributed by atoms with Gasteiger partial charge in [0.05, 0.1) is 18.0 Å². The molecule has 0 aliphatic carbocycles. The number of pyridine rings is 1. The van der Waals surface area contributed by atoms with Gasteiger partial charge in [-0.2, -0.15) is 0 Å². The average Bonchev–Trinajstić information content (AvgIpc) is 3.29. The molecule has 2 heterocycles. The third-order valence-electron chi connectivity index (χ3n) is 5.14. The zero-order valence-corrected chi connectivity index (χ0v) is 21.0. The van der Waals surface area contributed by atoms with Crippen molar-refractivity contribution in [2.24, 2.45) is 5.73 Å². The number of benzene rings is 2. The van der Waals surface area contributed by atoms with E-state index >= 15 is 0 Å². The van der Waals surface area contributed by atoms with E-state index in [0.29, 0.717) is 42.6 Å². The molecule has 1 aliphatic rings. The molecule has 0 radical (unpaired) electrons. The molecule has 6 N–H and O–H groups in total. The minimum absolute atomic E-state index is 0.0264. The summed E-state index contributed by atoms with van der Waals surface area (Å²) in [6.45, 7) is 5.71. The van der Waals surface area contributed by atoms with Crippen LogP contribution < -0.4 is 26.8 Å². The van der Waals surface area contributed by atoms with Crippen molar-refractivity contribution in [3.8, 4) is 11.5 Å². The number of aromatic nitrogens is 1. The maximum Gasteiger partial charge on any atom is 0.272 e. The third kappa shape index (κ3) is 6.85. The second-order valence-electron chi connectivity index (χ2n) is 7.57. The van der Waals surface area contributed by atoms with E-state index in [2.05, 4.69) is 31.5 Å². The third-order valence-corrected chi connectivity index (χ3v) is 5.67. The molecule has 2 aromatic carbocycles.